The van der Waals surface area contributed by atoms with E-state index in [0.29, 0.717) is 68.1 Å². The number of anilines is 1. The number of thiazole rings is 1. The van der Waals surface area contributed by atoms with Crippen LogP contribution in [0.2, 0.25) is 0 Å². The summed E-state index contributed by atoms with van der Waals surface area (Å²) in [6.45, 7) is 11.2. The number of para-hydroxylation sites is 1. The number of ether oxygens (including phenoxy) is 4. The first-order valence-corrected chi connectivity index (χ1v) is 21.0. The maximum absolute atomic E-state index is 13.5. The summed E-state index contributed by atoms with van der Waals surface area (Å²) < 4.78 is 23.7. The van der Waals surface area contributed by atoms with Crippen molar-refractivity contribution in [2.24, 2.45) is 16.9 Å². The van der Waals surface area contributed by atoms with E-state index in [4.69, 9.17) is 29.0 Å². The number of hydrogen-bond donors (Lipinski definition) is 0. The summed E-state index contributed by atoms with van der Waals surface area (Å²) in [5.41, 5.74) is 2.69. The molecule has 5 rings (SSSR count). The fourth-order valence-electron chi connectivity index (χ4n) is 6.62. The number of rotatable bonds is 23. The molecule has 1 heterocycles. The summed E-state index contributed by atoms with van der Waals surface area (Å²) in [7, 11) is 0. The Hall–Kier alpha value is -5.29. The van der Waals surface area contributed by atoms with Gasteiger partial charge in [-0.2, -0.15) is 5.10 Å². The highest BCUT2D eigenvalue weighted by Gasteiger charge is 2.32. The van der Waals surface area contributed by atoms with E-state index in [0.717, 1.165) is 78.8 Å². The molecule has 0 bridgehead atoms. The first kappa shape index (κ1) is 42.8. The van der Waals surface area contributed by atoms with Crippen molar-refractivity contribution >= 4 is 50.8 Å². The zero-order valence-electron chi connectivity index (χ0n) is 33.1. The molecule has 0 radical (unpaired) electrons. The van der Waals surface area contributed by atoms with E-state index in [-0.39, 0.29) is 23.8 Å². The third kappa shape index (κ3) is 13.7. The monoisotopic (exact) mass is 793 g/mol. The number of allylic oxidation sites excluding steroid dienone is 1. The molecule has 57 heavy (non-hydrogen) atoms. The van der Waals surface area contributed by atoms with Crippen LogP contribution >= 0.6 is 11.3 Å². The minimum absolute atomic E-state index is 0.294. The van der Waals surface area contributed by atoms with Gasteiger partial charge in [0.2, 0.25) is 5.13 Å². The number of benzene rings is 3. The molecule has 1 aliphatic rings. The van der Waals surface area contributed by atoms with Crippen molar-refractivity contribution in [3.8, 4) is 17.2 Å². The molecule has 0 amide bonds. The van der Waals surface area contributed by atoms with Gasteiger partial charge in [-0.3, -0.25) is 9.59 Å². The Labute approximate surface area is 340 Å². The molecule has 1 aromatic heterocycles. The lowest BCUT2D eigenvalue weighted by Crippen LogP contribution is -2.30. The van der Waals surface area contributed by atoms with Gasteiger partial charge in [-0.05, 0) is 118 Å². The molecule has 1 fully saturated rings. The highest BCUT2D eigenvalue weighted by atomic mass is 32.1. The van der Waals surface area contributed by atoms with Crippen LogP contribution in [0.15, 0.2) is 97.1 Å². The number of carbonyl (C=O) groups is 3. The molecule has 10 nitrogen and oxygen atoms in total. The molecule has 0 N–H and O–H groups in total. The SMILES string of the molecule is C=CCc1ccc(OC(=O)C2CCC(C(=O)Oc3ccc(OCCCCCCOC(=O)C=C)cc3)CC2)c(/C=N/N(CCCCCC)c2nc3ccccc3s2)c1. The van der Waals surface area contributed by atoms with Crippen LogP contribution in [0.1, 0.15) is 95.1 Å². The first-order chi connectivity index (χ1) is 27.9. The second kappa shape index (κ2) is 23.1. The molecule has 0 saturated heterocycles. The van der Waals surface area contributed by atoms with Crippen LogP contribution in [-0.2, 0) is 25.5 Å². The fourth-order valence-corrected chi connectivity index (χ4v) is 7.57. The molecule has 1 saturated carbocycles. The van der Waals surface area contributed by atoms with Gasteiger partial charge >= 0.3 is 17.9 Å². The summed E-state index contributed by atoms with van der Waals surface area (Å²) in [6, 6.07) is 20.9. The van der Waals surface area contributed by atoms with Crippen LogP contribution < -0.4 is 19.2 Å². The third-order valence-electron chi connectivity index (χ3n) is 9.88. The Balaban J connectivity index is 1.11. The number of hydrogen-bond acceptors (Lipinski definition) is 11. The fraction of sp³-hybridized carbons (Fsp3) is 0.413. The van der Waals surface area contributed by atoms with E-state index in [9.17, 15) is 14.4 Å². The van der Waals surface area contributed by atoms with Crippen molar-refractivity contribution in [2.75, 3.05) is 24.8 Å². The summed E-state index contributed by atoms with van der Waals surface area (Å²) in [5.74, 6) is -0.00441. The molecule has 0 spiro atoms. The van der Waals surface area contributed by atoms with Gasteiger partial charge in [-0.25, -0.2) is 14.8 Å². The molecule has 0 atom stereocenters. The smallest absolute Gasteiger partial charge is 0.330 e. The summed E-state index contributed by atoms with van der Waals surface area (Å²) in [6.07, 6.45) is 15.6. The Morgan fingerprint density at radius 3 is 2.21 bits per heavy atom. The maximum atomic E-state index is 13.5. The summed E-state index contributed by atoms with van der Waals surface area (Å²) in [5, 5.41) is 7.69. The molecular formula is C46H55N3O7S. The summed E-state index contributed by atoms with van der Waals surface area (Å²) >= 11 is 1.61. The van der Waals surface area contributed by atoms with Crippen molar-refractivity contribution in [1.29, 1.82) is 0 Å². The van der Waals surface area contributed by atoms with Crippen molar-refractivity contribution in [1.82, 2.24) is 4.98 Å². The lowest BCUT2D eigenvalue weighted by atomic mass is 9.82. The van der Waals surface area contributed by atoms with Crippen molar-refractivity contribution in [3.63, 3.8) is 0 Å². The highest BCUT2D eigenvalue weighted by Crippen LogP contribution is 2.33. The van der Waals surface area contributed by atoms with Crippen molar-refractivity contribution < 1.29 is 33.3 Å². The predicted molar refractivity (Wildman–Crippen MR) is 227 cm³/mol. The quantitative estimate of drug-likeness (QED) is 0.0138. The molecule has 4 aromatic rings. The van der Waals surface area contributed by atoms with Gasteiger partial charge in [-0.15, -0.1) is 6.58 Å². The van der Waals surface area contributed by atoms with E-state index in [1.165, 1.54) is 6.08 Å². The van der Waals surface area contributed by atoms with E-state index < -0.39 is 5.97 Å². The zero-order valence-corrected chi connectivity index (χ0v) is 33.9. The Bertz CT molecular complexity index is 1920. The van der Waals surface area contributed by atoms with Crippen LogP contribution in [0.3, 0.4) is 0 Å². The number of nitrogens with zero attached hydrogens (tertiary/aromatic N) is 3. The highest BCUT2D eigenvalue weighted by molar-refractivity contribution is 7.22. The van der Waals surface area contributed by atoms with Gasteiger partial charge in [0.15, 0.2) is 0 Å². The number of hydrazone groups is 1. The average molecular weight is 794 g/mol. The molecule has 1 aliphatic carbocycles. The number of carbonyl (C=O) groups excluding carboxylic acids is 3. The molecule has 0 aliphatic heterocycles. The van der Waals surface area contributed by atoms with Gasteiger partial charge in [0.25, 0.3) is 0 Å². The average Bonchev–Trinajstić information content (AvgIpc) is 3.67. The lowest BCUT2D eigenvalue weighted by molar-refractivity contribution is -0.145. The third-order valence-corrected chi connectivity index (χ3v) is 10.9. The molecule has 11 heteroatoms. The lowest BCUT2D eigenvalue weighted by Gasteiger charge is -2.26. The van der Waals surface area contributed by atoms with Crippen molar-refractivity contribution in [2.45, 2.75) is 90.4 Å². The van der Waals surface area contributed by atoms with E-state index >= 15 is 0 Å². The number of unbranched alkanes of at least 4 members (excludes halogenated alkanes) is 6. The number of esters is 3. The van der Waals surface area contributed by atoms with Crippen LogP contribution in [0.25, 0.3) is 10.2 Å². The molecule has 3 aromatic carbocycles. The number of fused-ring (bicyclic) bond motifs is 1. The minimum Gasteiger partial charge on any atom is -0.494 e. The second-order valence-corrected chi connectivity index (χ2v) is 15.3. The second-order valence-electron chi connectivity index (χ2n) is 14.3. The number of aromatic nitrogens is 1. The van der Waals surface area contributed by atoms with E-state index in [2.05, 4.69) is 26.1 Å². The van der Waals surface area contributed by atoms with Gasteiger partial charge in [0.1, 0.15) is 17.2 Å². The largest absolute Gasteiger partial charge is 0.494 e. The first-order valence-electron chi connectivity index (χ1n) is 20.2. The van der Waals surface area contributed by atoms with Crippen LogP contribution in [0.5, 0.6) is 17.2 Å². The van der Waals surface area contributed by atoms with Gasteiger partial charge < -0.3 is 18.9 Å². The van der Waals surface area contributed by atoms with Gasteiger partial charge in [-0.1, -0.05) is 68.4 Å². The van der Waals surface area contributed by atoms with Crippen molar-refractivity contribution in [3.05, 3.63) is 103 Å². The van der Waals surface area contributed by atoms with Crippen LogP contribution in [0.4, 0.5) is 5.13 Å². The Morgan fingerprint density at radius 2 is 1.51 bits per heavy atom. The van der Waals surface area contributed by atoms with Gasteiger partial charge in [0.05, 0.1) is 41.5 Å². The summed E-state index contributed by atoms with van der Waals surface area (Å²) in [4.78, 5) is 42.5. The Morgan fingerprint density at radius 1 is 0.825 bits per heavy atom. The zero-order chi connectivity index (χ0) is 40.2. The van der Waals surface area contributed by atoms with E-state index in [1.807, 2.05) is 47.5 Å². The minimum atomic E-state index is -0.395. The van der Waals surface area contributed by atoms with E-state index in [1.54, 1.807) is 41.8 Å². The maximum Gasteiger partial charge on any atom is 0.330 e. The predicted octanol–water partition coefficient (Wildman–Crippen LogP) is 10.4. The topological polar surface area (TPSA) is 117 Å². The standard InChI is InChI=1S/C46H55N3O7S/c1-4-7-8-13-29-49(46-48-40-17-11-12-18-42(40)57-46)47-33-37-32-34(16-5-2)19-28-41(37)56-45(52)36-22-20-35(21-23-36)44(51)55-39-26-24-38(25-27-39)53-30-14-9-10-15-31-54-43(50)6-3/h5-6,11-12,17-19,24-28,32-33,35-36H,2-4,7-10,13-16,20-23,29-31H2,1H3/b47-33+. The molecular weight excluding hydrogens is 739 g/mol. The molecule has 0 unspecified atom stereocenters. The normalized spacial score (nSPS) is 15.2. The van der Waals surface area contributed by atoms with Gasteiger partial charge in [0, 0.05) is 18.2 Å². The molecule has 302 valence electrons. The van der Waals surface area contributed by atoms with Crippen LogP contribution in [0, 0.1) is 11.8 Å². The Kier molecular flexibility index (Phi) is 17.3. The van der Waals surface area contributed by atoms with Crippen LogP contribution in [-0.4, -0.2) is 48.9 Å².